The molecule has 1 heterocycles. The van der Waals surface area contributed by atoms with Crippen LogP contribution in [0, 0.1) is 5.41 Å². The van der Waals surface area contributed by atoms with E-state index >= 15 is 0 Å². The van der Waals surface area contributed by atoms with Gasteiger partial charge in [-0.15, -0.1) is 0 Å². The summed E-state index contributed by atoms with van der Waals surface area (Å²) in [6, 6.07) is 0.304. The number of carbonyl (C=O) groups excluding carboxylic acids is 2. The predicted octanol–water partition coefficient (Wildman–Crippen LogP) is 0.0169. The van der Waals surface area contributed by atoms with Gasteiger partial charge in [0.25, 0.3) is 0 Å². The van der Waals surface area contributed by atoms with Crippen LogP contribution >= 0.6 is 0 Å². The molecule has 1 atom stereocenters. The molecule has 2 amide bonds. The second-order valence-electron chi connectivity index (χ2n) is 5.24. The maximum atomic E-state index is 11.7. The lowest BCUT2D eigenvalue weighted by Gasteiger charge is -2.23. The van der Waals surface area contributed by atoms with Crippen LogP contribution in [-0.4, -0.2) is 38.0 Å². The van der Waals surface area contributed by atoms with Gasteiger partial charge in [0.1, 0.15) is 0 Å². The molecule has 0 bridgehead atoms. The van der Waals surface area contributed by atoms with E-state index in [1.165, 1.54) is 0 Å². The van der Waals surface area contributed by atoms with Crippen LogP contribution in [0.1, 0.15) is 33.1 Å². The number of hydrogen-bond acceptors (Lipinski definition) is 3. The fourth-order valence-corrected chi connectivity index (χ4v) is 1.97. The molecule has 0 spiro atoms. The minimum Gasteiger partial charge on any atom is -0.359 e. The van der Waals surface area contributed by atoms with Crippen molar-refractivity contribution in [2.75, 3.05) is 20.1 Å². The Morgan fingerprint density at radius 2 is 2.12 bits per heavy atom. The second-order valence-corrected chi connectivity index (χ2v) is 5.24. The zero-order valence-corrected chi connectivity index (χ0v) is 10.9. The molecule has 0 aromatic carbocycles. The van der Waals surface area contributed by atoms with Crippen LogP contribution in [0.2, 0.25) is 0 Å². The molecule has 1 aliphatic heterocycles. The minimum absolute atomic E-state index is 0.0152. The first-order chi connectivity index (χ1) is 7.95. The molecule has 0 aliphatic carbocycles. The standard InChI is InChI=1S/C12H23N3O2/c1-12(2,11(17)13-3)8-15-10(16)7-9-5-4-6-14-9/h9,14H,4-8H2,1-3H3,(H,13,17)(H,15,16). The summed E-state index contributed by atoms with van der Waals surface area (Å²) < 4.78 is 0. The lowest BCUT2D eigenvalue weighted by Crippen LogP contribution is -2.44. The molecule has 0 aromatic rings. The largest absolute Gasteiger partial charge is 0.359 e. The van der Waals surface area contributed by atoms with Crippen molar-refractivity contribution >= 4 is 11.8 Å². The first-order valence-electron chi connectivity index (χ1n) is 6.18. The van der Waals surface area contributed by atoms with Crippen molar-refractivity contribution in [3.05, 3.63) is 0 Å². The zero-order valence-electron chi connectivity index (χ0n) is 10.9. The Kier molecular flexibility index (Phi) is 4.93. The number of nitrogens with one attached hydrogen (secondary N) is 3. The van der Waals surface area contributed by atoms with Crippen LogP contribution in [0.15, 0.2) is 0 Å². The molecule has 1 rings (SSSR count). The van der Waals surface area contributed by atoms with Crippen molar-refractivity contribution < 1.29 is 9.59 Å². The van der Waals surface area contributed by atoms with Gasteiger partial charge in [-0.1, -0.05) is 0 Å². The monoisotopic (exact) mass is 241 g/mol. The van der Waals surface area contributed by atoms with E-state index < -0.39 is 5.41 Å². The van der Waals surface area contributed by atoms with Gasteiger partial charge in [0.2, 0.25) is 11.8 Å². The molecule has 0 saturated carbocycles. The Morgan fingerprint density at radius 3 is 2.65 bits per heavy atom. The average molecular weight is 241 g/mol. The molecule has 98 valence electrons. The molecular formula is C12H23N3O2. The smallest absolute Gasteiger partial charge is 0.227 e. The van der Waals surface area contributed by atoms with Crippen molar-refractivity contribution in [1.29, 1.82) is 0 Å². The van der Waals surface area contributed by atoms with E-state index in [0.29, 0.717) is 19.0 Å². The Labute approximate surface area is 103 Å². The summed E-state index contributed by atoms with van der Waals surface area (Å²) in [5, 5.41) is 8.70. The van der Waals surface area contributed by atoms with E-state index in [1.807, 2.05) is 13.8 Å². The third-order valence-electron chi connectivity index (χ3n) is 3.16. The fourth-order valence-electron chi connectivity index (χ4n) is 1.97. The summed E-state index contributed by atoms with van der Waals surface area (Å²) in [7, 11) is 1.61. The third-order valence-corrected chi connectivity index (χ3v) is 3.16. The summed E-state index contributed by atoms with van der Waals surface area (Å²) in [5.41, 5.74) is -0.562. The summed E-state index contributed by atoms with van der Waals surface area (Å²) in [4.78, 5) is 23.2. The van der Waals surface area contributed by atoms with Gasteiger partial charge in [-0.3, -0.25) is 9.59 Å². The van der Waals surface area contributed by atoms with Crippen molar-refractivity contribution in [2.24, 2.45) is 5.41 Å². The highest BCUT2D eigenvalue weighted by Crippen LogP contribution is 2.14. The third kappa shape index (κ3) is 4.34. The maximum absolute atomic E-state index is 11.7. The van der Waals surface area contributed by atoms with Gasteiger partial charge in [-0.25, -0.2) is 0 Å². The number of rotatable bonds is 5. The van der Waals surface area contributed by atoms with Gasteiger partial charge in [0.15, 0.2) is 0 Å². The Bertz CT molecular complexity index is 283. The number of amides is 2. The Hall–Kier alpha value is -1.10. The van der Waals surface area contributed by atoms with E-state index in [1.54, 1.807) is 7.05 Å². The van der Waals surface area contributed by atoms with Gasteiger partial charge in [-0.05, 0) is 33.2 Å². The molecule has 3 N–H and O–H groups in total. The molecule has 0 radical (unpaired) electrons. The summed E-state index contributed by atoms with van der Waals surface area (Å²) >= 11 is 0. The number of hydrogen-bond donors (Lipinski definition) is 3. The second kappa shape index (κ2) is 6.00. The van der Waals surface area contributed by atoms with E-state index in [0.717, 1.165) is 19.4 Å². The molecule has 5 nitrogen and oxygen atoms in total. The summed E-state index contributed by atoms with van der Waals surface area (Å²) in [5.74, 6) is -0.0434. The highest BCUT2D eigenvalue weighted by Gasteiger charge is 2.27. The molecule has 5 heteroatoms. The maximum Gasteiger partial charge on any atom is 0.227 e. The van der Waals surface area contributed by atoms with Gasteiger partial charge >= 0.3 is 0 Å². The molecule has 1 fully saturated rings. The van der Waals surface area contributed by atoms with Gasteiger partial charge in [-0.2, -0.15) is 0 Å². The molecule has 1 saturated heterocycles. The molecular weight excluding hydrogens is 218 g/mol. The summed E-state index contributed by atoms with van der Waals surface area (Å²) in [6.07, 6.45) is 2.71. The van der Waals surface area contributed by atoms with Crippen LogP contribution in [0.4, 0.5) is 0 Å². The van der Waals surface area contributed by atoms with Crippen molar-refractivity contribution in [3.63, 3.8) is 0 Å². The Morgan fingerprint density at radius 1 is 1.41 bits per heavy atom. The van der Waals surface area contributed by atoms with Crippen LogP contribution in [0.25, 0.3) is 0 Å². The lowest BCUT2D eigenvalue weighted by molar-refractivity contribution is -0.129. The Balaban J connectivity index is 2.29. The van der Waals surface area contributed by atoms with Crippen molar-refractivity contribution in [2.45, 2.75) is 39.2 Å². The first-order valence-corrected chi connectivity index (χ1v) is 6.18. The van der Waals surface area contributed by atoms with E-state index in [9.17, 15) is 9.59 Å². The van der Waals surface area contributed by atoms with Crippen molar-refractivity contribution in [1.82, 2.24) is 16.0 Å². The predicted molar refractivity (Wildman–Crippen MR) is 66.5 cm³/mol. The lowest BCUT2D eigenvalue weighted by atomic mass is 9.92. The van der Waals surface area contributed by atoms with E-state index in [4.69, 9.17) is 0 Å². The average Bonchev–Trinajstić information content (AvgIpc) is 2.78. The minimum atomic E-state index is -0.562. The highest BCUT2D eigenvalue weighted by atomic mass is 16.2. The van der Waals surface area contributed by atoms with Gasteiger partial charge in [0.05, 0.1) is 5.41 Å². The highest BCUT2D eigenvalue weighted by molar-refractivity contribution is 5.83. The SMILES string of the molecule is CNC(=O)C(C)(C)CNC(=O)CC1CCCN1. The van der Waals surface area contributed by atoms with E-state index in [2.05, 4.69) is 16.0 Å². The van der Waals surface area contributed by atoms with E-state index in [-0.39, 0.29) is 11.8 Å². The zero-order chi connectivity index (χ0) is 12.9. The molecule has 17 heavy (non-hydrogen) atoms. The molecule has 0 aromatic heterocycles. The van der Waals surface area contributed by atoms with Crippen LogP contribution in [0.3, 0.4) is 0 Å². The van der Waals surface area contributed by atoms with Crippen LogP contribution < -0.4 is 16.0 Å². The number of carbonyl (C=O) groups is 2. The van der Waals surface area contributed by atoms with Crippen molar-refractivity contribution in [3.8, 4) is 0 Å². The first kappa shape index (κ1) is 14.0. The fraction of sp³-hybridized carbons (Fsp3) is 0.833. The van der Waals surface area contributed by atoms with Gasteiger partial charge in [0, 0.05) is 26.1 Å². The topological polar surface area (TPSA) is 70.2 Å². The van der Waals surface area contributed by atoms with Crippen LogP contribution in [0.5, 0.6) is 0 Å². The quantitative estimate of drug-likeness (QED) is 0.635. The van der Waals surface area contributed by atoms with Gasteiger partial charge < -0.3 is 16.0 Å². The summed E-state index contributed by atoms with van der Waals surface area (Å²) in [6.45, 7) is 5.01. The molecule has 1 unspecified atom stereocenters. The normalized spacial score (nSPS) is 20.1. The molecule has 1 aliphatic rings. The van der Waals surface area contributed by atoms with Crippen LogP contribution in [-0.2, 0) is 9.59 Å².